The van der Waals surface area contributed by atoms with Crippen LogP contribution in [0.4, 0.5) is 11.5 Å². The van der Waals surface area contributed by atoms with Crippen LogP contribution in [-0.2, 0) is 4.74 Å². The van der Waals surface area contributed by atoms with Gasteiger partial charge in [-0.2, -0.15) is 0 Å². The van der Waals surface area contributed by atoms with Crippen molar-refractivity contribution in [2.24, 2.45) is 0 Å². The molecule has 7 nitrogen and oxygen atoms in total. The molecule has 7 heteroatoms. The first-order chi connectivity index (χ1) is 12.5. The van der Waals surface area contributed by atoms with Crippen molar-refractivity contribution in [3.8, 4) is 11.1 Å². The summed E-state index contributed by atoms with van der Waals surface area (Å²) in [7, 11) is 0. The standard InChI is InChI=1S/C19H16N3O4/c1-2-26-19(23)17-15(12-7-9-14(10-8-12)22(24)25)11-16(21-18(17)20)13-5-3-4-6-13/h3-11H,2H2,1H3,(H2,20,21). The lowest BCUT2D eigenvalue weighted by Gasteiger charge is -2.15. The van der Waals surface area contributed by atoms with Crippen LogP contribution in [0.15, 0.2) is 30.3 Å². The second-order valence-electron chi connectivity index (χ2n) is 5.51. The summed E-state index contributed by atoms with van der Waals surface area (Å²) in [5.41, 5.74) is 7.90. The second-order valence-corrected chi connectivity index (χ2v) is 5.51. The maximum atomic E-state index is 12.4. The Morgan fingerprint density at radius 2 is 1.88 bits per heavy atom. The van der Waals surface area contributed by atoms with Crippen molar-refractivity contribution in [1.82, 2.24) is 4.98 Å². The molecule has 26 heavy (non-hydrogen) atoms. The molecule has 0 bridgehead atoms. The summed E-state index contributed by atoms with van der Waals surface area (Å²) in [5, 5.41) is 10.9. The van der Waals surface area contributed by atoms with Crippen LogP contribution in [0.2, 0.25) is 0 Å². The van der Waals surface area contributed by atoms with Crippen LogP contribution in [0.5, 0.6) is 0 Å². The van der Waals surface area contributed by atoms with Gasteiger partial charge in [0, 0.05) is 23.6 Å². The molecule has 2 aromatic rings. The molecule has 0 unspecified atom stereocenters. The first-order valence-corrected chi connectivity index (χ1v) is 7.95. The summed E-state index contributed by atoms with van der Waals surface area (Å²) in [6.07, 6.45) is 7.51. The maximum absolute atomic E-state index is 12.4. The number of hydrogen-bond donors (Lipinski definition) is 1. The third-order valence-corrected chi connectivity index (χ3v) is 3.87. The van der Waals surface area contributed by atoms with Gasteiger partial charge in [-0.3, -0.25) is 10.1 Å². The molecule has 1 aromatic carbocycles. The minimum Gasteiger partial charge on any atom is -0.462 e. The van der Waals surface area contributed by atoms with Gasteiger partial charge >= 0.3 is 5.97 Å². The topological polar surface area (TPSA) is 108 Å². The zero-order chi connectivity index (χ0) is 18.7. The molecule has 0 spiro atoms. The molecule has 1 fully saturated rings. The van der Waals surface area contributed by atoms with Crippen molar-refractivity contribution in [3.05, 3.63) is 83.3 Å². The second kappa shape index (κ2) is 7.51. The molecule has 0 atom stereocenters. The highest BCUT2D eigenvalue weighted by molar-refractivity contribution is 6.01. The van der Waals surface area contributed by atoms with E-state index in [4.69, 9.17) is 10.5 Å². The van der Waals surface area contributed by atoms with Crippen LogP contribution in [-0.4, -0.2) is 22.5 Å². The molecule has 0 amide bonds. The van der Waals surface area contributed by atoms with Crippen molar-refractivity contribution in [1.29, 1.82) is 0 Å². The van der Waals surface area contributed by atoms with Gasteiger partial charge in [0.25, 0.3) is 5.69 Å². The number of hydrogen-bond acceptors (Lipinski definition) is 6. The van der Waals surface area contributed by atoms with Gasteiger partial charge in [-0.1, -0.05) is 0 Å². The van der Waals surface area contributed by atoms with E-state index >= 15 is 0 Å². The number of anilines is 1. The molecule has 2 N–H and O–H groups in total. The minimum absolute atomic E-state index is 0.0373. The van der Waals surface area contributed by atoms with Gasteiger partial charge in [-0.15, -0.1) is 0 Å². The highest BCUT2D eigenvalue weighted by Gasteiger charge is 2.26. The number of ether oxygens (including phenoxy) is 1. The maximum Gasteiger partial charge on any atom is 0.342 e. The normalized spacial score (nSPS) is 14.3. The number of nitro benzene ring substituents is 1. The number of nitrogen functional groups attached to an aromatic ring is 1. The van der Waals surface area contributed by atoms with Crippen LogP contribution < -0.4 is 5.73 Å². The Bertz CT molecular complexity index is 827. The van der Waals surface area contributed by atoms with E-state index in [1.54, 1.807) is 25.1 Å². The summed E-state index contributed by atoms with van der Waals surface area (Å²) in [6.45, 7) is 1.90. The molecular weight excluding hydrogens is 334 g/mol. The fourth-order valence-electron chi connectivity index (χ4n) is 2.67. The van der Waals surface area contributed by atoms with Gasteiger partial charge in [0.1, 0.15) is 11.4 Å². The number of nitro groups is 1. The number of pyridine rings is 1. The molecule has 131 valence electrons. The predicted octanol–water partition coefficient (Wildman–Crippen LogP) is 3.17. The molecule has 1 saturated carbocycles. The number of esters is 1. The van der Waals surface area contributed by atoms with E-state index in [1.165, 1.54) is 12.1 Å². The lowest BCUT2D eigenvalue weighted by molar-refractivity contribution is -0.384. The van der Waals surface area contributed by atoms with E-state index < -0.39 is 10.9 Å². The predicted molar refractivity (Wildman–Crippen MR) is 96.2 cm³/mol. The Kier molecular flexibility index (Phi) is 5.16. The Hall–Kier alpha value is -2.96. The average Bonchev–Trinajstić information content (AvgIpc) is 3.16. The Morgan fingerprint density at radius 1 is 1.23 bits per heavy atom. The third-order valence-electron chi connectivity index (χ3n) is 3.87. The summed E-state index contributed by atoms with van der Waals surface area (Å²) >= 11 is 0. The van der Waals surface area contributed by atoms with Crippen molar-refractivity contribution >= 4 is 17.5 Å². The van der Waals surface area contributed by atoms with Gasteiger partial charge in [-0.05, 0) is 56.4 Å². The number of aromatic nitrogens is 1. The monoisotopic (exact) mass is 350 g/mol. The van der Waals surface area contributed by atoms with Crippen LogP contribution >= 0.6 is 0 Å². The quantitative estimate of drug-likeness (QED) is 0.504. The number of carbonyl (C=O) groups excluding carboxylic acids is 1. The first kappa shape index (κ1) is 17.8. The first-order valence-electron chi connectivity index (χ1n) is 7.95. The zero-order valence-electron chi connectivity index (χ0n) is 14.0. The highest BCUT2D eigenvalue weighted by Crippen LogP contribution is 2.35. The Labute approximate surface area is 151 Å². The van der Waals surface area contributed by atoms with E-state index in [2.05, 4.69) is 4.98 Å². The molecule has 1 aliphatic carbocycles. The van der Waals surface area contributed by atoms with E-state index in [0.717, 1.165) is 5.92 Å². The molecule has 0 aliphatic heterocycles. The van der Waals surface area contributed by atoms with Crippen LogP contribution in [0.3, 0.4) is 0 Å². The Morgan fingerprint density at radius 3 is 2.46 bits per heavy atom. The molecule has 3 rings (SSSR count). The fraction of sp³-hybridized carbons (Fsp3) is 0.105. The fourth-order valence-corrected chi connectivity index (χ4v) is 2.67. The van der Waals surface area contributed by atoms with Gasteiger partial charge in [0.2, 0.25) is 0 Å². The third kappa shape index (κ3) is 3.51. The number of non-ortho nitro benzene ring substituents is 1. The van der Waals surface area contributed by atoms with E-state index in [9.17, 15) is 14.9 Å². The summed E-state index contributed by atoms with van der Waals surface area (Å²) in [4.78, 5) is 27.1. The molecule has 0 saturated heterocycles. The van der Waals surface area contributed by atoms with Gasteiger partial charge in [0.05, 0.1) is 17.2 Å². The molecular formula is C19H16N3O4. The van der Waals surface area contributed by atoms with Gasteiger partial charge in [0.15, 0.2) is 0 Å². The summed E-state index contributed by atoms with van der Waals surface area (Å²) < 4.78 is 5.10. The van der Waals surface area contributed by atoms with Crippen LogP contribution in [0.25, 0.3) is 11.1 Å². The van der Waals surface area contributed by atoms with Crippen molar-refractivity contribution in [2.45, 2.75) is 6.92 Å². The van der Waals surface area contributed by atoms with Gasteiger partial charge < -0.3 is 10.5 Å². The smallest absolute Gasteiger partial charge is 0.342 e. The van der Waals surface area contributed by atoms with E-state index in [-0.39, 0.29) is 23.7 Å². The number of nitrogens with zero attached hydrogens (tertiary/aromatic N) is 2. The van der Waals surface area contributed by atoms with Crippen LogP contribution in [0, 0.1) is 41.7 Å². The van der Waals surface area contributed by atoms with Crippen molar-refractivity contribution in [2.75, 3.05) is 12.3 Å². The minimum atomic E-state index is -0.583. The van der Waals surface area contributed by atoms with E-state index in [0.29, 0.717) is 16.8 Å². The highest BCUT2D eigenvalue weighted by atomic mass is 16.6. The van der Waals surface area contributed by atoms with Gasteiger partial charge in [-0.25, -0.2) is 9.78 Å². The lowest BCUT2D eigenvalue weighted by Crippen LogP contribution is -2.13. The van der Waals surface area contributed by atoms with Crippen molar-refractivity contribution in [3.63, 3.8) is 0 Å². The molecule has 1 aliphatic rings. The number of rotatable bonds is 5. The number of carbonyl (C=O) groups is 1. The zero-order valence-corrected chi connectivity index (χ0v) is 14.0. The number of benzene rings is 1. The Balaban J connectivity index is 2.11. The number of nitrogens with two attached hydrogens (primary N) is 1. The molecule has 1 heterocycles. The van der Waals surface area contributed by atoms with Crippen molar-refractivity contribution < 1.29 is 14.5 Å². The molecule has 1 aromatic heterocycles. The van der Waals surface area contributed by atoms with Crippen LogP contribution in [0.1, 0.15) is 23.0 Å². The van der Waals surface area contributed by atoms with E-state index in [1.807, 2.05) is 25.7 Å². The molecule has 5 radical (unpaired) electrons. The summed E-state index contributed by atoms with van der Waals surface area (Å²) in [6, 6.07) is 7.64. The summed E-state index contributed by atoms with van der Waals surface area (Å²) in [5.74, 6) is 0.325. The SMILES string of the molecule is CCOC(=O)c1c(-c2ccc([N+](=O)[O-])cc2)cc([C]2[CH][CH][CH][CH]2)nc1N. The largest absolute Gasteiger partial charge is 0.462 e. The lowest BCUT2D eigenvalue weighted by atomic mass is 9.95. The average molecular weight is 350 g/mol.